The van der Waals surface area contributed by atoms with Crippen LogP contribution in [0.15, 0.2) is 0 Å². The van der Waals surface area contributed by atoms with Gasteiger partial charge in [0.15, 0.2) is 13.9 Å². The normalized spacial score (nSPS) is 12.8. The topological polar surface area (TPSA) is 26.3 Å². The molecule has 0 spiro atoms. The van der Waals surface area contributed by atoms with E-state index >= 15 is 0 Å². The molecule has 0 aromatic rings. The Bertz CT molecular complexity index is 84.1. The van der Waals surface area contributed by atoms with E-state index in [0.29, 0.717) is 0 Å². The fourth-order valence-corrected chi connectivity index (χ4v) is 0.257. The maximum atomic E-state index is 11.8. The number of carbonyl (C=O) groups is 1. The molecule has 0 aromatic heterocycles. The first-order valence-corrected chi connectivity index (χ1v) is 2.49. The summed E-state index contributed by atoms with van der Waals surface area (Å²) in [7, 11) is 1.15. The lowest BCUT2D eigenvalue weighted by Crippen LogP contribution is -2.18. The lowest BCUT2D eigenvalue weighted by molar-refractivity contribution is -0.145. The standard InChI is InChI=1S/C4H8BFO2/c1-2-8-4(7)3(5)6/h3H,2,5H2,1H3. The highest BCUT2D eigenvalue weighted by atomic mass is 19.1. The molecule has 0 fully saturated rings. The van der Waals surface area contributed by atoms with Crippen molar-refractivity contribution in [2.75, 3.05) is 6.61 Å². The van der Waals surface area contributed by atoms with Gasteiger partial charge in [0.2, 0.25) is 0 Å². The predicted octanol–water partition coefficient (Wildman–Crippen LogP) is -0.522. The maximum absolute atomic E-state index is 11.8. The molecule has 0 aromatic carbocycles. The van der Waals surface area contributed by atoms with Gasteiger partial charge in [-0.15, -0.1) is 0 Å². The van der Waals surface area contributed by atoms with Crippen molar-refractivity contribution in [1.29, 1.82) is 0 Å². The van der Waals surface area contributed by atoms with Crippen LogP contribution in [0, 0.1) is 0 Å². The van der Waals surface area contributed by atoms with Gasteiger partial charge in [0.25, 0.3) is 0 Å². The summed E-state index contributed by atoms with van der Waals surface area (Å²) in [4.78, 5) is 10.1. The van der Waals surface area contributed by atoms with Gasteiger partial charge in [0.05, 0.1) is 6.61 Å². The van der Waals surface area contributed by atoms with Crippen LogP contribution >= 0.6 is 0 Å². The molecule has 4 heteroatoms. The first-order chi connectivity index (χ1) is 3.68. The van der Waals surface area contributed by atoms with E-state index in [1.807, 2.05) is 0 Å². The first-order valence-electron chi connectivity index (χ1n) is 2.49. The highest BCUT2D eigenvalue weighted by molar-refractivity contribution is 6.21. The second kappa shape index (κ2) is 3.46. The Labute approximate surface area is 48.4 Å². The molecule has 46 valence electrons. The molecule has 0 amide bonds. The fraction of sp³-hybridized carbons (Fsp3) is 0.750. The summed E-state index contributed by atoms with van der Waals surface area (Å²) in [6.07, 6.45) is -1.49. The Morgan fingerprint density at radius 2 is 2.50 bits per heavy atom. The third-order valence-corrected chi connectivity index (χ3v) is 0.611. The van der Waals surface area contributed by atoms with Gasteiger partial charge in [-0.3, -0.25) is 0 Å². The monoisotopic (exact) mass is 118 g/mol. The second-order valence-corrected chi connectivity index (χ2v) is 1.37. The van der Waals surface area contributed by atoms with E-state index in [2.05, 4.69) is 4.74 Å². The Balaban J connectivity index is 3.33. The zero-order chi connectivity index (χ0) is 6.57. The van der Waals surface area contributed by atoms with Crippen molar-refractivity contribution in [1.82, 2.24) is 0 Å². The van der Waals surface area contributed by atoms with Crippen LogP contribution in [0.25, 0.3) is 0 Å². The molecule has 0 N–H and O–H groups in total. The van der Waals surface area contributed by atoms with Crippen molar-refractivity contribution in [3.8, 4) is 0 Å². The SMILES string of the molecule is BC(F)C(=O)OCC. The Morgan fingerprint density at radius 1 is 2.00 bits per heavy atom. The van der Waals surface area contributed by atoms with Crippen LogP contribution in [-0.2, 0) is 9.53 Å². The van der Waals surface area contributed by atoms with Gasteiger partial charge in [-0.1, -0.05) is 0 Å². The van der Waals surface area contributed by atoms with E-state index in [4.69, 9.17) is 0 Å². The molecular formula is C4H8BFO2. The smallest absolute Gasteiger partial charge is 0.331 e. The first kappa shape index (κ1) is 7.46. The Morgan fingerprint density at radius 3 is 2.62 bits per heavy atom. The van der Waals surface area contributed by atoms with Crippen LogP contribution < -0.4 is 0 Å². The van der Waals surface area contributed by atoms with Crippen molar-refractivity contribution >= 4 is 13.8 Å². The summed E-state index contributed by atoms with van der Waals surface area (Å²) < 4.78 is 16.1. The number of esters is 1. The molecular weight excluding hydrogens is 110 g/mol. The van der Waals surface area contributed by atoms with Crippen molar-refractivity contribution in [3.05, 3.63) is 0 Å². The Hall–Kier alpha value is -0.535. The van der Waals surface area contributed by atoms with Gasteiger partial charge in [-0.2, -0.15) is 0 Å². The number of carbonyl (C=O) groups excluding carboxylic acids is 1. The van der Waals surface area contributed by atoms with Crippen LogP contribution in [0.3, 0.4) is 0 Å². The number of ether oxygens (including phenoxy) is 1. The molecule has 0 saturated heterocycles. The Kier molecular flexibility index (Phi) is 3.23. The molecule has 0 bridgehead atoms. The van der Waals surface area contributed by atoms with E-state index in [1.165, 1.54) is 0 Å². The quantitative estimate of drug-likeness (QED) is 0.360. The minimum atomic E-state index is -1.49. The maximum Gasteiger partial charge on any atom is 0.331 e. The predicted molar refractivity (Wildman–Crippen MR) is 30.1 cm³/mol. The van der Waals surface area contributed by atoms with E-state index in [-0.39, 0.29) is 6.61 Å². The molecule has 0 saturated carbocycles. The highest BCUT2D eigenvalue weighted by Crippen LogP contribution is 1.86. The number of hydrogen-bond acceptors (Lipinski definition) is 2. The van der Waals surface area contributed by atoms with Crippen LogP contribution in [0.4, 0.5) is 4.39 Å². The minimum Gasteiger partial charge on any atom is -0.464 e. The zero-order valence-corrected chi connectivity index (χ0v) is 4.98. The summed E-state index contributed by atoms with van der Waals surface area (Å²) in [5.74, 6) is -0.785. The molecule has 1 unspecified atom stereocenters. The van der Waals surface area contributed by atoms with Crippen molar-refractivity contribution in [2.24, 2.45) is 0 Å². The molecule has 2 nitrogen and oxygen atoms in total. The lowest BCUT2D eigenvalue weighted by Gasteiger charge is -1.99. The van der Waals surface area contributed by atoms with Crippen LogP contribution in [0.2, 0.25) is 0 Å². The van der Waals surface area contributed by atoms with Gasteiger partial charge in [-0.05, 0) is 6.92 Å². The fourth-order valence-electron chi connectivity index (χ4n) is 0.257. The van der Waals surface area contributed by atoms with Gasteiger partial charge < -0.3 is 4.74 Å². The minimum absolute atomic E-state index is 0.243. The molecule has 0 aliphatic carbocycles. The van der Waals surface area contributed by atoms with Gasteiger partial charge in [0.1, 0.15) is 0 Å². The van der Waals surface area contributed by atoms with E-state index in [0.717, 1.165) is 7.85 Å². The molecule has 0 heterocycles. The van der Waals surface area contributed by atoms with Crippen molar-refractivity contribution in [2.45, 2.75) is 13.0 Å². The summed E-state index contributed by atoms with van der Waals surface area (Å²) in [6.45, 7) is 1.88. The lowest BCUT2D eigenvalue weighted by atomic mass is 10.0. The third kappa shape index (κ3) is 2.61. The molecule has 1 atom stereocenters. The molecule has 8 heavy (non-hydrogen) atoms. The van der Waals surface area contributed by atoms with Crippen LogP contribution in [0.5, 0.6) is 0 Å². The number of halogens is 1. The second-order valence-electron chi connectivity index (χ2n) is 1.37. The van der Waals surface area contributed by atoms with Crippen LogP contribution in [0.1, 0.15) is 6.92 Å². The number of rotatable bonds is 2. The van der Waals surface area contributed by atoms with Gasteiger partial charge in [0, 0.05) is 0 Å². The summed E-state index contributed by atoms with van der Waals surface area (Å²) in [5, 5.41) is 0. The number of alkyl halides is 1. The van der Waals surface area contributed by atoms with Crippen molar-refractivity contribution < 1.29 is 13.9 Å². The van der Waals surface area contributed by atoms with Gasteiger partial charge >= 0.3 is 5.97 Å². The molecule has 0 radical (unpaired) electrons. The highest BCUT2D eigenvalue weighted by Gasteiger charge is 2.09. The third-order valence-electron chi connectivity index (χ3n) is 0.611. The van der Waals surface area contributed by atoms with E-state index in [9.17, 15) is 9.18 Å². The number of hydrogen-bond donors (Lipinski definition) is 0. The average Bonchev–Trinajstić information content (AvgIpc) is 1.67. The molecule has 0 aliphatic heterocycles. The van der Waals surface area contributed by atoms with Crippen molar-refractivity contribution in [3.63, 3.8) is 0 Å². The van der Waals surface area contributed by atoms with Crippen LogP contribution in [-0.4, -0.2) is 26.5 Å². The average molecular weight is 118 g/mol. The van der Waals surface area contributed by atoms with E-state index < -0.39 is 12.0 Å². The molecule has 0 aliphatic rings. The van der Waals surface area contributed by atoms with E-state index in [1.54, 1.807) is 6.92 Å². The largest absolute Gasteiger partial charge is 0.464 e. The summed E-state index contributed by atoms with van der Waals surface area (Å²) in [5.41, 5.74) is 0. The zero-order valence-electron chi connectivity index (χ0n) is 4.98. The summed E-state index contributed by atoms with van der Waals surface area (Å²) in [6, 6.07) is 0. The molecule has 0 rings (SSSR count). The van der Waals surface area contributed by atoms with Gasteiger partial charge in [-0.25, -0.2) is 9.18 Å². The summed E-state index contributed by atoms with van der Waals surface area (Å²) >= 11 is 0.